The molecule has 1 aromatic carbocycles. The van der Waals surface area contributed by atoms with Crippen molar-refractivity contribution in [3.63, 3.8) is 0 Å². The molecule has 1 aliphatic rings. The summed E-state index contributed by atoms with van der Waals surface area (Å²) in [7, 11) is 2.11. The minimum Gasteiger partial charge on any atom is -0.369 e. The molecule has 0 unspecified atom stereocenters. The van der Waals surface area contributed by atoms with Gasteiger partial charge in [-0.2, -0.15) is 5.10 Å². The second kappa shape index (κ2) is 5.37. The molecule has 0 spiro atoms. The summed E-state index contributed by atoms with van der Waals surface area (Å²) in [5.74, 6) is -0.241. The molecule has 0 atom stereocenters. The fourth-order valence-electron chi connectivity index (χ4n) is 2.70. The van der Waals surface area contributed by atoms with Crippen LogP contribution in [0.5, 0.6) is 0 Å². The fraction of sp³-hybridized carbons (Fsp3) is 0.471. The summed E-state index contributed by atoms with van der Waals surface area (Å²) in [5, 5.41) is 4.62. The van der Waals surface area contributed by atoms with Gasteiger partial charge in [-0.05, 0) is 67.7 Å². The van der Waals surface area contributed by atoms with Gasteiger partial charge in [0, 0.05) is 23.1 Å². The Hall–Kier alpha value is -1.36. The predicted molar refractivity (Wildman–Crippen MR) is 91.7 cm³/mol. The first-order chi connectivity index (χ1) is 10.3. The van der Waals surface area contributed by atoms with E-state index >= 15 is 0 Å². The van der Waals surface area contributed by atoms with Crippen LogP contribution >= 0.6 is 15.9 Å². The highest BCUT2D eigenvalue weighted by Gasteiger charge is 2.31. The Morgan fingerprint density at radius 3 is 2.55 bits per heavy atom. The maximum absolute atomic E-state index is 13.5. The summed E-state index contributed by atoms with van der Waals surface area (Å²) in [4.78, 5) is 2.29. The summed E-state index contributed by atoms with van der Waals surface area (Å²) in [6.07, 6.45) is 4.37. The summed E-state index contributed by atoms with van der Waals surface area (Å²) in [5.41, 5.74) is 2.96. The van der Waals surface area contributed by atoms with Crippen LogP contribution < -0.4 is 4.90 Å². The van der Waals surface area contributed by atoms with Crippen LogP contribution in [0.25, 0.3) is 11.3 Å². The molecule has 2 aromatic rings. The quantitative estimate of drug-likeness (QED) is 0.778. The molecule has 1 aliphatic carbocycles. The molecule has 3 rings (SSSR count). The average Bonchev–Trinajstić information content (AvgIpc) is 3.16. The molecule has 118 valence electrons. The Morgan fingerprint density at radius 2 is 2.00 bits per heavy atom. The molecule has 1 aromatic heterocycles. The topological polar surface area (TPSA) is 21.1 Å². The Balaban J connectivity index is 2.19. The third-order valence-electron chi connectivity index (χ3n) is 4.05. The average molecular weight is 366 g/mol. The molecule has 0 saturated heterocycles. The first-order valence-electron chi connectivity index (χ1n) is 7.56. The highest BCUT2D eigenvalue weighted by atomic mass is 79.9. The number of halogens is 2. The second-order valence-corrected chi connectivity index (χ2v) is 7.78. The van der Waals surface area contributed by atoms with Gasteiger partial charge in [-0.25, -0.2) is 4.39 Å². The summed E-state index contributed by atoms with van der Waals surface area (Å²) in [6, 6.07) is 5.43. The van der Waals surface area contributed by atoms with Crippen molar-refractivity contribution in [2.24, 2.45) is 0 Å². The monoisotopic (exact) mass is 365 g/mol. The zero-order chi connectivity index (χ0) is 16.1. The molecule has 0 amide bonds. The molecular formula is C17H21BrFN3. The van der Waals surface area contributed by atoms with E-state index in [0.717, 1.165) is 21.4 Å². The highest BCUT2D eigenvalue weighted by molar-refractivity contribution is 9.10. The standard InChI is InChI=1S/C17H21BrFN3/c1-17(2,3)22-16(13-8-5-11(19)9-14(13)18)15(10-20-22)21(4)12-6-7-12/h5,8-10,12H,6-7H2,1-4H3. The van der Waals surface area contributed by atoms with Crippen molar-refractivity contribution in [3.8, 4) is 11.3 Å². The molecule has 0 N–H and O–H groups in total. The molecular weight excluding hydrogens is 345 g/mol. The minimum absolute atomic E-state index is 0.147. The summed E-state index contributed by atoms with van der Waals surface area (Å²) < 4.78 is 16.2. The second-order valence-electron chi connectivity index (χ2n) is 6.93. The molecule has 0 aliphatic heterocycles. The molecule has 5 heteroatoms. The van der Waals surface area contributed by atoms with E-state index in [-0.39, 0.29) is 11.4 Å². The largest absolute Gasteiger partial charge is 0.369 e. The van der Waals surface area contributed by atoms with Crippen LogP contribution in [-0.4, -0.2) is 22.9 Å². The van der Waals surface area contributed by atoms with Crippen molar-refractivity contribution in [3.05, 3.63) is 34.7 Å². The van der Waals surface area contributed by atoms with Gasteiger partial charge in [0.05, 0.1) is 23.1 Å². The molecule has 1 fully saturated rings. The van der Waals surface area contributed by atoms with Crippen LogP contribution in [0.1, 0.15) is 33.6 Å². The van der Waals surface area contributed by atoms with Crippen molar-refractivity contribution < 1.29 is 4.39 Å². The normalized spacial score (nSPS) is 15.2. The van der Waals surface area contributed by atoms with E-state index in [1.54, 1.807) is 0 Å². The van der Waals surface area contributed by atoms with E-state index in [0.29, 0.717) is 6.04 Å². The minimum atomic E-state index is -0.241. The van der Waals surface area contributed by atoms with E-state index in [9.17, 15) is 4.39 Å². The third kappa shape index (κ3) is 2.78. The molecule has 0 radical (unpaired) electrons. The van der Waals surface area contributed by atoms with Gasteiger partial charge in [0.1, 0.15) is 5.82 Å². The number of nitrogens with zero attached hydrogens (tertiary/aromatic N) is 3. The molecule has 1 heterocycles. The van der Waals surface area contributed by atoms with Gasteiger partial charge in [-0.1, -0.05) is 0 Å². The number of rotatable bonds is 3. The molecule has 0 bridgehead atoms. The Kier molecular flexibility index (Phi) is 3.79. The third-order valence-corrected chi connectivity index (χ3v) is 4.70. The van der Waals surface area contributed by atoms with E-state index in [1.807, 2.05) is 16.9 Å². The van der Waals surface area contributed by atoms with Crippen LogP contribution in [0, 0.1) is 5.82 Å². The lowest BCUT2D eigenvalue weighted by atomic mass is 10.1. The first kappa shape index (κ1) is 15.5. The van der Waals surface area contributed by atoms with Crippen molar-refractivity contribution in [1.29, 1.82) is 0 Å². The van der Waals surface area contributed by atoms with Gasteiger partial charge in [-0.3, -0.25) is 4.68 Å². The van der Waals surface area contributed by atoms with Gasteiger partial charge >= 0.3 is 0 Å². The molecule has 22 heavy (non-hydrogen) atoms. The van der Waals surface area contributed by atoms with E-state index in [2.05, 4.69) is 53.7 Å². The Morgan fingerprint density at radius 1 is 1.32 bits per heavy atom. The lowest BCUT2D eigenvalue weighted by Crippen LogP contribution is -2.25. The number of hydrogen-bond donors (Lipinski definition) is 0. The van der Waals surface area contributed by atoms with Crippen LogP contribution in [0.15, 0.2) is 28.9 Å². The first-order valence-corrected chi connectivity index (χ1v) is 8.35. The van der Waals surface area contributed by atoms with Crippen molar-refractivity contribution in [1.82, 2.24) is 9.78 Å². The maximum Gasteiger partial charge on any atom is 0.124 e. The summed E-state index contributed by atoms with van der Waals surface area (Å²) >= 11 is 3.51. The molecule has 1 saturated carbocycles. The van der Waals surface area contributed by atoms with Gasteiger partial charge in [0.25, 0.3) is 0 Å². The predicted octanol–water partition coefficient (Wildman–Crippen LogP) is 4.81. The van der Waals surface area contributed by atoms with Gasteiger partial charge in [-0.15, -0.1) is 0 Å². The Labute approximate surface area is 139 Å². The zero-order valence-corrected chi connectivity index (χ0v) is 15.0. The van der Waals surface area contributed by atoms with Crippen molar-refractivity contribution in [2.75, 3.05) is 11.9 Å². The van der Waals surface area contributed by atoms with E-state index in [4.69, 9.17) is 0 Å². The van der Waals surface area contributed by atoms with Crippen LogP contribution in [-0.2, 0) is 5.54 Å². The lowest BCUT2D eigenvalue weighted by Gasteiger charge is -2.26. The zero-order valence-electron chi connectivity index (χ0n) is 13.4. The SMILES string of the molecule is CN(c1cnn(C(C)(C)C)c1-c1ccc(F)cc1Br)C1CC1. The lowest BCUT2D eigenvalue weighted by molar-refractivity contribution is 0.360. The van der Waals surface area contributed by atoms with Gasteiger partial charge in [0.15, 0.2) is 0 Å². The highest BCUT2D eigenvalue weighted by Crippen LogP contribution is 2.41. The number of benzene rings is 1. The summed E-state index contributed by atoms with van der Waals surface area (Å²) in [6.45, 7) is 6.38. The van der Waals surface area contributed by atoms with Crippen LogP contribution in [0.4, 0.5) is 10.1 Å². The van der Waals surface area contributed by atoms with Crippen molar-refractivity contribution in [2.45, 2.75) is 45.2 Å². The van der Waals surface area contributed by atoms with Crippen LogP contribution in [0.3, 0.4) is 0 Å². The molecule has 3 nitrogen and oxygen atoms in total. The number of hydrogen-bond acceptors (Lipinski definition) is 2. The fourth-order valence-corrected chi connectivity index (χ4v) is 3.24. The smallest absolute Gasteiger partial charge is 0.124 e. The van der Waals surface area contributed by atoms with Gasteiger partial charge < -0.3 is 4.90 Å². The number of anilines is 1. The van der Waals surface area contributed by atoms with Gasteiger partial charge in [0.2, 0.25) is 0 Å². The maximum atomic E-state index is 13.5. The van der Waals surface area contributed by atoms with E-state index in [1.165, 1.54) is 25.0 Å². The number of aromatic nitrogens is 2. The van der Waals surface area contributed by atoms with Crippen LogP contribution in [0.2, 0.25) is 0 Å². The Bertz CT molecular complexity index is 698. The van der Waals surface area contributed by atoms with E-state index < -0.39 is 0 Å². The van der Waals surface area contributed by atoms with Crippen molar-refractivity contribution >= 4 is 21.6 Å².